The van der Waals surface area contributed by atoms with Crippen molar-refractivity contribution in [3.8, 4) is 5.75 Å². The van der Waals surface area contributed by atoms with Gasteiger partial charge in [-0.15, -0.1) is 0 Å². The molecule has 0 radical (unpaired) electrons. The number of carbonyl (C=O) groups excluding carboxylic acids is 1. The quantitative estimate of drug-likeness (QED) is 0.693. The van der Waals surface area contributed by atoms with Crippen molar-refractivity contribution in [2.75, 3.05) is 18.6 Å². The van der Waals surface area contributed by atoms with E-state index in [0.717, 1.165) is 4.47 Å². The van der Waals surface area contributed by atoms with Crippen LogP contribution >= 0.6 is 27.7 Å². The Bertz CT molecular complexity index is 484. The standard InChI is InChI=1S/C14H18BrNO4S/c1-21-8-6-12(14(18)19)16-13(17)5-7-20-11-4-2-3-10(15)9-11/h2-4,9,12H,5-8H2,1H3,(H,16,17)(H,18,19)/t12-/m1/s1. The fraction of sp³-hybridized carbons (Fsp3) is 0.429. The Balaban J connectivity index is 2.34. The highest BCUT2D eigenvalue weighted by Gasteiger charge is 2.19. The predicted molar refractivity (Wildman–Crippen MR) is 86.8 cm³/mol. The molecule has 5 nitrogen and oxygen atoms in total. The maximum Gasteiger partial charge on any atom is 0.326 e. The highest BCUT2D eigenvalue weighted by atomic mass is 79.9. The van der Waals surface area contributed by atoms with Crippen LogP contribution in [-0.2, 0) is 9.59 Å². The molecule has 0 saturated carbocycles. The number of hydrogen-bond donors (Lipinski definition) is 2. The molecule has 0 saturated heterocycles. The number of aliphatic carboxylic acids is 1. The first-order valence-corrected chi connectivity index (χ1v) is 8.61. The number of carboxylic acids is 1. The van der Waals surface area contributed by atoms with E-state index in [9.17, 15) is 9.59 Å². The summed E-state index contributed by atoms with van der Waals surface area (Å²) in [5.41, 5.74) is 0. The number of ether oxygens (including phenoxy) is 1. The van der Waals surface area contributed by atoms with Crippen LogP contribution in [0.15, 0.2) is 28.7 Å². The van der Waals surface area contributed by atoms with Crippen molar-refractivity contribution >= 4 is 39.6 Å². The van der Waals surface area contributed by atoms with E-state index in [-0.39, 0.29) is 18.9 Å². The summed E-state index contributed by atoms with van der Waals surface area (Å²) in [5.74, 6) is 0.0179. The van der Waals surface area contributed by atoms with E-state index in [2.05, 4.69) is 21.2 Å². The number of rotatable bonds is 9. The van der Waals surface area contributed by atoms with Crippen LogP contribution in [0, 0.1) is 0 Å². The molecule has 21 heavy (non-hydrogen) atoms. The normalized spacial score (nSPS) is 11.7. The lowest BCUT2D eigenvalue weighted by atomic mass is 10.2. The van der Waals surface area contributed by atoms with E-state index >= 15 is 0 Å². The minimum atomic E-state index is -1.01. The first-order valence-electron chi connectivity index (χ1n) is 6.42. The van der Waals surface area contributed by atoms with Gasteiger partial charge >= 0.3 is 5.97 Å². The average Bonchev–Trinajstić information content (AvgIpc) is 2.43. The maximum absolute atomic E-state index is 11.7. The largest absolute Gasteiger partial charge is 0.493 e. The van der Waals surface area contributed by atoms with Gasteiger partial charge in [0.05, 0.1) is 13.0 Å². The lowest BCUT2D eigenvalue weighted by Crippen LogP contribution is -2.41. The second kappa shape index (κ2) is 9.68. The van der Waals surface area contributed by atoms with Gasteiger partial charge < -0.3 is 15.2 Å². The molecular formula is C14H18BrNO4S. The summed E-state index contributed by atoms with van der Waals surface area (Å²) < 4.78 is 6.33. The SMILES string of the molecule is CSCC[C@@H](NC(=O)CCOc1cccc(Br)c1)C(=O)O. The maximum atomic E-state index is 11.7. The molecule has 0 spiro atoms. The minimum absolute atomic E-state index is 0.121. The lowest BCUT2D eigenvalue weighted by Gasteiger charge is -2.14. The van der Waals surface area contributed by atoms with E-state index in [1.54, 1.807) is 23.9 Å². The fourth-order valence-corrected chi connectivity index (χ4v) is 2.43. The van der Waals surface area contributed by atoms with Gasteiger partial charge in [-0.05, 0) is 36.6 Å². The topological polar surface area (TPSA) is 75.6 Å². The van der Waals surface area contributed by atoms with Gasteiger partial charge in [0.15, 0.2) is 0 Å². The number of carbonyl (C=O) groups is 2. The average molecular weight is 376 g/mol. The highest BCUT2D eigenvalue weighted by Crippen LogP contribution is 2.17. The minimum Gasteiger partial charge on any atom is -0.493 e. The third-order valence-electron chi connectivity index (χ3n) is 2.64. The number of thioether (sulfide) groups is 1. The van der Waals surface area contributed by atoms with Crippen LogP contribution in [-0.4, -0.2) is 41.6 Å². The second-order valence-corrected chi connectivity index (χ2v) is 6.20. The molecule has 2 N–H and O–H groups in total. The second-order valence-electron chi connectivity index (χ2n) is 4.30. The van der Waals surface area contributed by atoms with Crippen LogP contribution in [0.4, 0.5) is 0 Å². The van der Waals surface area contributed by atoms with Crippen molar-refractivity contribution in [1.82, 2.24) is 5.32 Å². The Kier molecular flexibility index (Phi) is 8.22. The van der Waals surface area contributed by atoms with Gasteiger partial charge in [0.25, 0.3) is 0 Å². The van der Waals surface area contributed by atoms with Crippen molar-refractivity contribution in [3.05, 3.63) is 28.7 Å². The summed E-state index contributed by atoms with van der Waals surface area (Å²) in [6, 6.07) is 6.47. The van der Waals surface area contributed by atoms with Gasteiger partial charge in [0, 0.05) is 4.47 Å². The summed E-state index contributed by atoms with van der Waals surface area (Å²) in [5, 5.41) is 11.5. The van der Waals surface area contributed by atoms with Crippen molar-refractivity contribution in [3.63, 3.8) is 0 Å². The summed E-state index contributed by atoms with van der Waals surface area (Å²) in [4.78, 5) is 22.7. The molecule has 0 aliphatic rings. The zero-order valence-corrected chi connectivity index (χ0v) is 14.1. The third-order valence-corrected chi connectivity index (χ3v) is 3.78. The molecule has 1 rings (SSSR count). The van der Waals surface area contributed by atoms with E-state index in [1.165, 1.54) is 0 Å². The van der Waals surface area contributed by atoms with Crippen molar-refractivity contribution in [1.29, 1.82) is 0 Å². The molecule has 1 atom stereocenters. The van der Waals surface area contributed by atoms with Crippen molar-refractivity contribution in [2.24, 2.45) is 0 Å². The fourth-order valence-electron chi connectivity index (χ4n) is 1.58. The summed E-state index contributed by atoms with van der Waals surface area (Å²) in [6.07, 6.45) is 2.43. The molecule has 0 unspecified atom stereocenters. The van der Waals surface area contributed by atoms with Gasteiger partial charge in [0.1, 0.15) is 11.8 Å². The molecule has 0 aromatic heterocycles. The van der Waals surface area contributed by atoms with Gasteiger partial charge in [-0.2, -0.15) is 11.8 Å². The molecule has 0 bridgehead atoms. The number of hydrogen-bond acceptors (Lipinski definition) is 4. The van der Waals surface area contributed by atoms with Crippen molar-refractivity contribution in [2.45, 2.75) is 18.9 Å². The van der Waals surface area contributed by atoms with Gasteiger partial charge in [-0.25, -0.2) is 4.79 Å². The van der Waals surface area contributed by atoms with Crippen LogP contribution in [0.2, 0.25) is 0 Å². The van der Waals surface area contributed by atoms with E-state index in [1.807, 2.05) is 18.4 Å². The first-order chi connectivity index (χ1) is 10.0. The van der Waals surface area contributed by atoms with Crippen LogP contribution in [0.3, 0.4) is 0 Å². The number of halogens is 1. The van der Waals surface area contributed by atoms with Crippen molar-refractivity contribution < 1.29 is 19.4 Å². The molecule has 1 amide bonds. The molecule has 7 heteroatoms. The van der Waals surface area contributed by atoms with E-state index in [4.69, 9.17) is 9.84 Å². The summed E-state index contributed by atoms with van der Waals surface area (Å²) in [6.45, 7) is 0.206. The van der Waals surface area contributed by atoms with E-state index in [0.29, 0.717) is 17.9 Å². The zero-order chi connectivity index (χ0) is 15.7. The summed E-state index contributed by atoms with van der Waals surface area (Å²) in [7, 11) is 0. The monoisotopic (exact) mass is 375 g/mol. The molecule has 116 valence electrons. The Morgan fingerprint density at radius 2 is 2.24 bits per heavy atom. The van der Waals surface area contributed by atoms with Gasteiger partial charge in [-0.1, -0.05) is 22.0 Å². The predicted octanol–water partition coefficient (Wildman–Crippen LogP) is 2.54. The smallest absolute Gasteiger partial charge is 0.326 e. The Labute approximate surface area is 136 Å². The molecular weight excluding hydrogens is 358 g/mol. The lowest BCUT2D eigenvalue weighted by molar-refractivity contribution is -0.141. The van der Waals surface area contributed by atoms with E-state index < -0.39 is 12.0 Å². The molecule has 0 aliphatic heterocycles. The van der Waals surface area contributed by atoms with Crippen LogP contribution < -0.4 is 10.1 Å². The van der Waals surface area contributed by atoms with Crippen LogP contribution in [0.25, 0.3) is 0 Å². The Hall–Kier alpha value is -1.21. The first kappa shape index (κ1) is 17.8. The molecule has 1 aromatic carbocycles. The summed E-state index contributed by atoms with van der Waals surface area (Å²) >= 11 is 4.88. The third kappa shape index (κ3) is 7.38. The molecule has 0 aliphatic carbocycles. The number of benzene rings is 1. The number of carboxylic acid groups (broad SMARTS) is 1. The Morgan fingerprint density at radius 3 is 2.86 bits per heavy atom. The van der Waals surface area contributed by atoms with Gasteiger partial charge in [0.2, 0.25) is 5.91 Å². The van der Waals surface area contributed by atoms with Crippen LogP contribution in [0.5, 0.6) is 5.75 Å². The molecule has 0 fully saturated rings. The van der Waals surface area contributed by atoms with Crippen LogP contribution in [0.1, 0.15) is 12.8 Å². The highest BCUT2D eigenvalue weighted by molar-refractivity contribution is 9.10. The Morgan fingerprint density at radius 1 is 1.48 bits per heavy atom. The van der Waals surface area contributed by atoms with Gasteiger partial charge in [-0.3, -0.25) is 4.79 Å². The number of amides is 1. The molecule has 0 heterocycles. The number of nitrogens with one attached hydrogen (secondary N) is 1. The zero-order valence-electron chi connectivity index (χ0n) is 11.7. The molecule has 1 aromatic rings.